The summed E-state index contributed by atoms with van der Waals surface area (Å²) in [5.74, 6) is 0. The predicted molar refractivity (Wildman–Crippen MR) is 45.8 cm³/mol. The number of halogens is 1. The van der Waals surface area contributed by atoms with Gasteiger partial charge in [0.2, 0.25) is 0 Å². The molecule has 0 aromatic carbocycles. The normalized spacial score (nSPS) is 13.4. The Labute approximate surface area is 74.0 Å². The monoisotopic (exact) mass is 192 g/mol. The van der Waals surface area contributed by atoms with Crippen LogP contribution in [-0.2, 0) is 0 Å². The van der Waals surface area contributed by atoms with Crippen LogP contribution in [-0.4, -0.2) is 16.1 Å². The molecule has 1 aromatic heterocycles. The first-order valence-electron chi connectivity index (χ1n) is 3.22. The molecule has 11 heavy (non-hydrogen) atoms. The summed E-state index contributed by atoms with van der Waals surface area (Å²) < 4.78 is 3.87. The van der Waals surface area contributed by atoms with E-state index in [0.29, 0.717) is 11.4 Å². The minimum Gasteiger partial charge on any atom is -0.396 e. The zero-order valence-corrected chi connectivity index (χ0v) is 7.40. The lowest BCUT2D eigenvalue weighted by atomic mass is 10.2. The molecule has 0 fully saturated rings. The van der Waals surface area contributed by atoms with Crippen LogP contribution in [0.15, 0.2) is 6.20 Å². The minimum absolute atomic E-state index is 0.0788. The number of rotatable bonds is 3. The van der Waals surface area contributed by atoms with Gasteiger partial charge in [-0.2, -0.15) is 4.37 Å². The van der Waals surface area contributed by atoms with E-state index in [4.69, 9.17) is 22.4 Å². The van der Waals surface area contributed by atoms with E-state index in [1.54, 1.807) is 6.20 Å². The molecule has 0 radical (unpaired) electrons. The van der Waals surface area contributed by atoms with E-state index in [1.807, 2.05) is 0 Å². The van der Waals surface area contributed by atoms with Crippen LogP contribution in [0.1, 0.15) is 17.3 Å². The Morgan fingerprint density at radius 3 is 3.00 bits per heavy atom. The molecule has 3 nitrogen and oxygen atoms in total. The molecule has 1 aromatic rings. The van der Waals surface area contributed by atoms with Gasteiger partial charge in [0.15, 0.2) is 0 Å². The molecule has 0 aliphatic rings. The average Bonchev–Trinajstić information content (AvgIpc) is 2.36. The summed E-state index contributed by atoms with van der Waals surface area (Å²) in [4.78, 5) is 0.848. The molecular weight excluding hydrogens is 184 g/mol. The van der Waals surface area contributed by atoms with Gasteiger partial charge in [-0.3, -0.25) is 0 Å². The van der Waals surface area contributed by atoms with Gasteiger partial charge in [0.25, 0.3) is 0 Å². The van der Waals surface area contributed by atoms with Crippen molar-refractivity contribution in [3.63, 3.8) is 0 Å². The predicted octanol–water partition coefficient (Wildman–Crippen LogP) is 1.18. The summed E-state index contributed by atoms with van der Waals surface area (Å²) in [7, 11) is 0. The third-order valence-corrected chi connectivity index (χ3v) is 2.67. The smallest absolute Gasteiger partial charge is 0.0761 e. The molecule has 0 saturated carbocycles. The van der Waals surface area contributed by atoms with E-state index >= 15 is 0 Å². The molecule has 3 N–H and O–H groups in total. The number of nitrogens with zero attached hydrogens (tertiary/aromatic N) is 1. The van der Waals surface area contributed by atoms with E-state index in [2.05, 4.69) is 4.37 Å². The molecule has 1 heterocycles. The van der Waals surface area contributed by atoms with Crippen LogP contribution >= 0.6 is 23.1 Å². The fraction of sp³-hybridized carbons (Fsp3) is 0.500. The van der Waals surface area contributed by atoms with Crippen molar-refractivity contribution in [2.75, 3.05) is 6.61 Å². The molecule has 0 amide bonds. The van der Waals surface area contributed by atoms with E-state index in [-0.39, 0.29) is 12.6 Å². The molecule has 0 bridgehead atoms. The van der Waals surface area contributed by atoms with Crippen molar-refractivity contribution in [2.24, 2.45) is 5.73 Å². The second-order valence-electron chi connectivity index (χ2n) is 2.16. The Morgan fingerprint density at radius 1 is 1.82 bits per heavy atom. The Kier molecular flexibility index (Phi) is 3.26. The average molecular weight is 193 g/mol. The number of aromatic nitrogens is 1. The molecule has 0 aliphatic heterocycles. The van der Waals surface area contributed by atoms with Gasteiger partial charge in [-0.25, -0.2) is 0 Å². The third-order valence-electron chi connectivity index (χ3n) is 1.33. The standard InChI is InChI=1S/C6H9ClN2OS/c7-4-3-9-11-6(4)5(8)1-2-10/h3,5,10H,1-2,8H2. The van der Waals surface area contributed by atoms with Crippen molar-refractivity contribution in [3.05, 3.63) is 16.1 Å². The second kappa shape index (κ2) is 4.01. The lowest BCUT2D eigenvalue weighted by Gasteiger charge is -2.05. The summed E-state index contributed by atoms with van der Waals surface area (Å²) in [5, 5.41) is 9.18. The van der Waals surface area contributed by atoms with Crippen molar-refractivity contribution >= 4 is 23.1 Å². The fourth-order valence-corrected chi connectivity index (χ4v) is 1.77. The molecule has 62 valence electrons. The maximum absolute atomic E-state index is 8.59. The zero-order valence-electron chi connectivity index (χ0n) is 5.83. The molecule has 5 heteroatoms. The minimum atomic E-state index is -0.181. The summed E-state index contributed by atoms with van der Waals surface area (Å²) in [6, 6.07) is -0.181. The Bertz CT molecular complexity index is 228. The summed E-state index contributed by atoms with van der Waals surface area (Å²) >= 11 is 7.04. The van der Waals surface area contributed by atoms with Gasteiger partial charge in [0.05, 0.1) is 16.1 Å². The van der Waals surface area contributed by atoms with Crippen molar-refractivity contribution in [1.29, 1.82) is 0 Å². The first kappa shape index (κ1) is 8.93. The topological polar surface area (TPSA) is 59.1 Å². The van der Waals surface area contributed by atoms with Crippen LogP contribution in [0.25, 0.3) is 0 Å². The quantitative estimate of drug-likeness (QED) is 0.756. The highest BCUT2D eigenvalue weighted by atomic mass is 35.5. The van der Waals surface area contributed by atoms with Crippen molar-refractivity contribution in [3.8, 4) is 0 Å². The lowest BCUT2D eigenvalue weighted by molar-refractivity contribution is 0.277. The van der Waals surface area contributed by atoms with Crippen molar-refractivity contribution < 1.29 is 5.11 Å². The van der Waals surface area contributed by atoms with Gasteiger partial charge < -0.3 is 10.8 Å². The number of hydrogen-bond donors (Lipinski definition) is 2. The molecular formula is C6H9ClN2OS. The number of nitrogens with two attached hydrogens (primary N) is 1. The number of hydrogen-bond acceptors (Lipinski definition) is 4. The van der Waals surface area contributed by atoms with Gasteiger partial charge in [-0.15, -0.1) is 0 Å². The molecule has 0 saturated heterocycles. The highest BCUT2D eigenvalue weighted by Crippen LogP contribution is 2.26. The third kappa shape index (κ3) is 2.13. The second-order valence-corrected chi connectivity index (χ2v) is 3.40. The highest BCUT2D eigenvalue weighted by molar-refractivity contribution is 7.06. The Hall–Kier alpha value is -0.160. The fourth-order valence-electron chi connectivity index (χ4n) is 0.752. The SMILES string of the molecule is NC(CCO)c1sncc1Cl. The lowest BCUT2D eigenvalue weighted by Crippen LogP contribution is -2.10. The van der Waals surface area contributed by atoms with Crippen LogP contribution in [0.2, 0.25) is 5.02 Å². The van der Waals surface area contributed by atoms with Gasteiger partial charge in [-0.1, -0.05) is 11.6 Å². The molecule has 1 rings (SSSR count). The van der Waals surface area contributed by atoms with E-state index in [9.17, 15) is 0 Å². The molecule has 1 atom stereocenters. The van der Waals surface area contributed by atoms with Crippen LogP contribution < -0.4 is 5.73 Å². The maximum atomic E-state index is 8.59. The van der Waals surface area contributed by atoms with Crippen molar-refractivity contribution in [2.45, 2.75) is 12.5 Å². The Balaban J connectivity index is 2.67. The van der Waals surface area contributed by atoms with Crippen molar-refractivity contribution in [1.82, 2.24) is 4.37 Å². The Morgan fingerprint density at radius 2 is 2.55 bits per heavy atom. The van der Waals surface area contributed by atoms with Crippen LogP contribution in [0.4, 0.5) is 0 Å². The van der Waals surface area contributed by atoms with E-state index in [0.717, 1.165) is 4.88 Å². The highest BCUT2D eigenvalue weighted by Gasteiger charge is 2.11. The van der Waals surface area contributed by atoms with Gasteiger partial charge >= 0.3 is 0 Å². The first-order valence-corrected chi connectivity index (χ1v) is 4.37. The van der Waals surface area contributed by atoms with Crippen LogP contribution in [0.5, 0.6) is 0 Å². The molecule has 0 spiro atoms. The summed E-state index contributed by atoms with van der Waals surface area (Å²) in [6.45, 7) is 0.0788. The maximum Gasteiger partial charge on any atom is 0.0761 e. The van der Waals surface area contributed by atoms with Gasteiger partial charge in [0.1, 0.15) is 0 Å². The summed E-state index contributed by atoms with van der Waals surface area (Å²) in [6.07, 6.45) is 2.10. The molecule has 1 unspecified atom stereocenters. The zero-order chi connectivity index (χ0) is 8.27. The largest absolute Gasteiger partial charge is 0.396 e. The first-order chi connectivity index (χ1) is 5.25. The summed E-state index contributed by atoms with van der Waals surface area (Å²) in [5.41, 5.74) is 5.68. The van der Waals surface area contributed by atoms with E-state index < -0.39 is 0 Å². The number of aliphatic hydroxyl groups excluding tert-OH is 1. The van der Waals surface area contributed by atoms with Crippen LogP contribution in [0, 0.1) is 0 Å². The van der Waals surface area contributed by atoms with Gasteiger partial charge in [-0.05, 0) is 18.0 Å². The molecule has 0 aliphatic carbocycles. The van der Waals surface area contributed by atoms with Gasteiger partial charge in [0, 0.05) is 12.6 Å². The number of aliphatic hydroxyl groups is 1. The van der Waals surface area contributed by atoms with Crippen LogP contribution in [0.3, 0.4) is 0 Å². The van der Waals surface area contributed by atoms with E-state index in [1.165, 1.54) is 11.5 Å².